The average Bonchev–Trinajstić information content (AvgIpc) is 2.84. The highest BCUT2D eigenvalue weighted by Gasteiger charge is 2.30. The van der Waals surface area contributed by atoms with Crippen LogP contribution in [0, 0.1) is 0 Å². The summed E-state index contributed by atoms with van der Waals surface area (Å²) in [6.45, 7) is 4.91. The number of rotatable bonds is 3. The Morgan fingerprint density at radius 2 is 2.23 bits per heavy atom. The summed E-state index contributed by atoms with van der Waals surface area (Å²) in [6, 6.07) is 2.12. The minimum atomic E-state index is 0.470. The van der Waals surface area contributed by atoms with Crippen molar-refractivity contribution in [3.63, 3.8) is 0 Å². The van der Waals surface area contributed by atoms with Crippen molar-refractivity contribution in [1.82, 2.24) is 0 Å². The molecule has 1 aromatic rings. The van der Waals surface area contributed by atoms with Crippen molar-refractivity contribution in [2.75, 3.05) is 0 Å². The van der Waals surface area contributed by atoms with E-state index in [1.807, 2.05) is 0 Å². The van der Waals surface area contributed by atoms with Crippen LogP contribution in [-0.2, 0) is 6.54 Å². The van der Waals surface area contributed by atoms with Crippen LogP contribution in [-0.4, -0.2) is 0 Å². The Bertz CT molecular complexity index is 297. The van der Waals surface area contributed by atoms with Gasteiger partial charge < -0.3 is 10.2 Å². The molecule has 1 aromatic heterocycles. The molecule has 0 unspecified atom stereocenters. The molecule has 2 rings (SSSR count). The smallest absolute Gasteiger partial charge is 0.111 e. The lowest BCUT2D eigenvalue weighted by molar-refractivity contribution is 0.446. The molecule has 0 amide bonds. The maximum atomic E-state index is 5.81. The second-order valence-corrected chi connectivity index (χ2v) is 4.17. The molecule has 0 spiro atoms. The van der Waals surface area contributed by atoms with Crippen molar-refractivity contribution in [1.29, 1.82) is 0 Å². The lowest BCUT2D eigenvalue weighted by atomic mass is 10.1. The van der Waals surface area contributed by atoms with Gasteiger partial charge in [0, 0.05) is 23.9 Å². The maximum Gasteiger partial charge on any atom is 0.111 e. The Kier molecular flexibility index (Phi) is 2.16. The highest BCUT2D eigenvalue weighted by atomic mass is 16.3. The molecule has 13 heavy (non-hydrogen) atoms. The summed E-state index contributed by atoms with van der Waals surface area (Å²) in [5, 5.41) is 0. The van der Waals surface area contributed by atoms with Gasteiger partial charge in [-0.25, -0.2) is 0 Å². The summed E-state index contributed by atoms with van der Waals surface area (Å²) in [7, 11) is 0. The van der Waals surface area contributed by atoms with E-state index in [1.54, 1.807) is 0 Å². The Morgan fingerprint density at radius 1 is 1.54 bits per heavy atom. The zero-order valence-corrected chi connectivity index (χ0v) is 8.34. The Hall–Kier alpha value is -0.760. The van der Waals surface area contributed by atoms with Gasteiger partial charge in [0.1, 0.15) is 11.5 Å². The van der Waals surface area contributed by atoms with E-state index in [2.05, 4.69) is 19.9 Å². The van der Waals surface area contributed by atoms with Crippen molar-refractivity contribution in [2.45, 2.75) is 45.1 Å². The van der Waals surface area contributed by atoms with Gasteiger partial charge in [0.05, 0.1) is 0 Å². The molecule has 0 radical (unpaired) electrons. The molecule has 1 saturated carbocycles. The van der Waals surface area contributed by atoms with Crippen LogP contribution in [0.15, 0.2) is 10.5 Å². The Labute approximate surface area is 79.1 Å². The lowest BCUT2D eigenvalue weighted by Gasteiger charge is -1.98. The molecule has 2 nitrogen and oxygen atoms in total. The average molecular weight is 179 g/mol. The van der Waals surface area contributed by atoms with E-state index in [1.165, 1.54) is 18.4 Å². The van der Waals surface area contributed by atoms with Gasteiger partial charge in [-0.05, 0) is 18.9 Å². The molecular formula is C11H17NO. The van der Waals surface area contributed by atoms with Gasteiger partial charge in [0.25, 0.3) is 0 Å². The molecule has 0 bridgehead atoms. The second-order valence-electron chi connectivity index (χ2n) is 4.17. The summed E-state index contributed by atoms with van der Waals surface area (Å²) in [5.74, 6) is 3.39. The fraction of sp³-hybridized carbons (Fsp3) is 0.636. The van der Waals surface area contributed by atoms with Gasteiger partial charge in [-0.15, -0.1) is 0 Å². The van der Waals surface area contributed by atoms with Crippen LogP contribution in [0.5, 0.6) is 0 Å². The first-order chi connectivity index (χ1) is 6.22. The molecule has 0 aliphatic heterocycles. The Balaban J connectivity index is 2.31. The van der Waals surface area contributed by atoms with Crippen LogP contribution in [0.2, 0.25) is 0 Å². The molecule has 2 heteroatoms. The van der Waals surface area contributed by atoms with Crippen molar-refractivity contribution in [2.24, 2.45) is 5.73 Å². The Morgan fingerprint density at radius 3 is 2.69 bits per heavy atom. The predicted octanol–water partition coefficient (Wildman–Crippen LogP) is 2.74. The topological polar surface area (TPSA) is 39.2 Å². The fourth-order valence-electron chi connectivity index (χ4n) is 1.60. The zero-order valence-electron chi connectivity index (χ0n) is 8.34. The molecule has 0 saturated heterocycles. The molecule has 0 aromatic carbocycles. The monoisotopic (exact) mass is 179 g/mol. The summed E-state index contributed by atoms with van der Waals surface area (Å²) < 4.78 is 5.81. The highest BCUT2D eigenvalue weighted by molar-refractivity contribution is 5.28. The summed E-state index contributed by atoms with van der Waals surface area (Å²) >= 11 is 0. The molecule has 1 aliphatic rings. The molecular weight excluding hydrogens is 162 g/mol. The molecule has 2 N–H and O–H groups in total. The van der Waals surface area contributed by atoms with Gasteiger partial charge in [-0.2, -0.15) is 0 Å². The third kappa shape index (κ3) is 1.63. The molecule has 1 aliphatic carbocycles. The summed E-state index contributed by atoms with van der Waals surface area (Å²) in [5.41, 5.74) is 6.88. The van der Waals surface area contributed by atoms with Crippen LogP contribution in [0.25, 0.3) is 0 Å². The molecule has 1 heterocycles. The first-order valence-electron chi connectivity index (χ1n) is 5.05. The molecule has 72 valence electrons. The van der Waals surface area contributed by atoms with Crippen LogP contribution < -0.4 is 5.73 Å². The van der Waals surface area contributed by atoms with Crippen LogP contribution in [0.1, 0.15) is 55.6 Å². The van der Waals surface area contributed by atoms with E-state index in [4.69, 9.17) is 10.2 Å². The maximum absolute atomic E-state index is 5.81. The van der Waals surface area contributed by atoms with E-state index in [0.717, 1.165) is 11.5 Å². The van der Waals surface area contributed by atoms with E-state index in [9.17, 15) is 0 Å². The van der Waals surface area contributed by atoms with Crippen molar-refractivity contribution >= 4 is 0 Å². The predicted molar refractivity (Wildman–Crippen MR) is 52.7 cm³/mol. The van der Waals surface area contributed by atoms with E-state index in [-0.39, 0.29) is 0 Å². The van der Waals surface area contributed by atoms with Crippen molar-refractivity contribution < 1.29 is 4.42 Å². The molecule has 1 fully saturated rings. The minimum absolute atomic E-state index is 0.470. The van der Waals surface area contributed by atoms with Gasteiger partial charge in [-0.3, -0.25) is 0 Å². The van der Waals surface area contributed by atoms with Crippen molar-refractivity contribution in [3.8, 4) is 0 Å². The third-order valence-electron chi connectivity index (χ3n) is 2.60. The standard InChI is InChI=1S/C11H17NO/c1-7(2)10-5-9(6-12)11(13-10)8-3-4-8/h5,7-8H,3-4,6,12H2,1-2H3. The first kappa shape index (κ1) is 8.82. The van der Waals surface area contributed by atoms with Gasteiger partial charge in [-0.1, -0.05) is 13.8 Å². The highest BCUT2D eigenvalue weighted by Crippen LogP contribution is 2.43. The molecule has 0 atom stereocenters. The van der Waals surface area contributed by atoms with Gasteiger partial charge in [0.2, 0.25) is 0 Å². The first-order valence-corrected chi connectivity index (χ1v) is 5.05. The minimum Gasteiger partial charge on any atom is -0.465 e. The normalized spacial score (nSPS) is 16.9. The quantitative estimate of drug-likeness (QED) is 0.774. The van der Waals surface area contributed by atoms with Gasteiger partial charge in [0.15, 0.2) is 0 Å². The number of hydrogen-bond acceptors (Lipinski definition) is 2. The largest absolute Gasteiger partial charge is 0.465 e. The fourth-order valence-corrected chi connectivity index (χ4v) is 1.60. The summed E-state index contributed by atoms with van der Waals surface area (Å²) in [6.07, 6.45) is 2.55. The second kappa shape index (κ2) is 3.18. The van der Waals surface area contributed by atoms with Crippen LogP contribution >= 0.6 is 0 Å². The number of nitrogens with two attached hydrogens (primary N) is 1. The number of furan rings is 1. The SMILES string of the molecule is CC(C)c1cc(CN)c(C2CC2)o1. The van der Waals surface area contributed by atoms with Crippen molar-refractivity contribution in [3.05, 3.63) is 23.2 Å². The number of hydrogen-bond donors (Lipinski definition) is 1. The van der Waals surface area contributed by atoms with Crippen LogP contribution in [0.3, 0.4) is 0 Å². The zero-order chi connectivity index (χ0) is 9.42. The lowest BCUT2D eigenvalue weighted by Crippen LogP contribution is -1.96. The van der Waals surface area contributed by atoms with E-state index in [0.29, 0.717) is 18.4 Å². The summed E-state index contributed by atoms with van der Waals surface area (Å²) in [4.78, 5) is 0. The van der Waals surface area contributed by atoms with Crippen LogP contribution in [0.4, 0.5) is 0 Å². The van der Waals surface area contributed by atoms with E-state index < -0.39 is 0 Å². The van der Waals surface area contributed by atoms with E-state index >= 15 is 0 Å². The van der Waals surface area contributed by atoms with Gasteiger partial charge >= 0.3 is 0 Å². The third-order valence-corrected chi connectivity index (χ3v) is 2.60.